The fraction of sp³-hybridized carbons (Fsp3) is 0.455. The Bertz CT molecular complexity index is 271. The van der Waals surface area contributed by atoms with E-state index in [4.69, 9.17) is 0 Å². The van der Waals surface area contributed by atoms with E-state index in [2.05, 4.69) is 19.9 Å². The van der Waals surface area contributed by atoms with Crippen molar-refractivity contribution in [2.45, 2.75) is 33.1 Å². The van der Waals surface area contributed by atoms with Crippen LogP contribution >= 0.6 is 0 Å². The van der Waals surface area contributed by atoms with E-state index >= 15 is 0 Å². The molecule has 1 radical (unpaired) electrons. The van der Waals surface area contributed by atoms with Crippen LogP contribution in [0.3, 0.4) is 0 Å². The Hall–Kier alpha value is 0.124. The molecule has 0 amide bonds. The van der Waals surface area contributed by atoms with Crippen molar-refractivity contribution in [1.29, 1.82) is 0 Å². The molecule has 0 spiro atoms. The molecule has 1 nitrogen and oxygen atoms in total. The van der Waals surface area contributed by atoms with Gasteiger partial charge in [0, 0.05) is 38.5 Å². The molecule has 1 N–H and O–H groups in total. The Morgan fingerprint density at radius 2 is 2.15 bits per heavy atom. The largest absolute Gasteiger partial charge is 0.534 e. The minimum atomic E-state index is 0. The van der Waals surface area contributed by atoms with Crippen LogP contribution in [0.15, 0.2) is 12.1 Å². The Morgan fingerprint density at radius 3 is 2.62 bits per heavy atom. The number of aryl methyl sites for hydroxylation is 1. The molecule has 1 atom stereocenters. The van der Waals surface area contributed by atoms with Crippen molar-refractivity contribution < 1.29 is 37.8 Å². The first-order chi connectivity index (χ1) is 5.65. The van der Waals surface area contributed by atoms with Crippen molar-refractivity contribution in [3.63, 3.8) is 0 Å². The number of rotatable bonds is 2. The van der Waals surface area contributed by atoms with E-state index in [1.807, 2.05) is 19.1 Å². The van der Waals surface area contributed by atoms with Gasteiger partial charge in [-0.15, -0.1) is 11.6 Å². The maximum absolute atomic E-state index is 9.24. The van der Waals surface area contributed by atoms with Crippen LogP contribution < -0.4 is 0 Å². The molecule has 1 aromatic rings. The van der Waals surface area contributed by atoms with Crippen LogP contribution in [0.5, 0.6) is 5.75 Å². The van der Waals surface area contributed by atoms with E-state index in [0.29, 0.717) is 5.92 Å². The molecule has 0 aliphatic heterocycles. The normalized spacial score (nSPS) is 11.9. The maximum atomic E-state index is 9.24. The summed E-state index contributed by atoms with van der Waals surface area (Å²) in [6.07, 6.45) is 1.12. The number of phenolic OH excluding ortho intramolecular Hbond substituents is 1. The molecule has 0 saturated heterocycles. The molecule has 0 aromatic heterocycles. The summed E-state index contributed by atoms with van der Waals surface area (Å²) >= 11 is 0. The standard InChI is InChI=1S/C11H15O.Y/c1-4-8(2)10-5-6-11(12)9(3)7-10;/h5,7-8,12H,4H2,1-3H3;/q-1;. The molecule has 0 fully saturated rings. The molecule has 1 unspecified atom stereocenters. The van der Waals surface area contributed by atoms with Gasteiger partial charge >= 0.3 is 0 Å². The van der Waals surface area contributed by atoms with E-state index in [1.54, 1.807) is 0 Å². The molecule has 0 heterocycles. The van der Waals surface area contributed by atoms with Gasteiger partial charge in [0.2, 0.25) is 0 Å². The minimum absolute atomic E-state index is 0. The van der Waals surface area contributed by atoms with Gasteiger partial charge in [0.05, 0.1) is 0 Å². The van der Waals surface area contributed by atoms with Crippen LogP contribution in [0, 0.1) is 13.0 Å². The Balaban J connectivity index is 0.00000144. The van der Waals surface area contributed by atoms with Crippen molar-refractivity contribution in [1.82, 2.24) is 0 Å². The van der Waals surface area contributed by atoms with Crippen molar-refractivity contribution in [2.24, 2.45) is 0 Å². The SMILES string of the molecule is CCC(C)c1c[c-]c(O)c(C)c1.[Y]. The third kappa shape index (κ3) is 3.40. The molecule has 69 valence electrons. The molecule has 0 bridgehead atoms. The van der Waals surface area contributed by atoms with Gasteiger partial charge in [-0.2, -0.15) is 17.7 Å². The van der Waals surface area contributed by atoms with Crippen LogP contribution in [0.4, 0.5) is 0 Å². The Labute approximate surface area is 105 Å². The van der Waals surface area contributed by atoms with E-state index in [-0.39, 0.29) is 38.5 Å². The van der Waals surface area contributed by atoms with Crippen molar-refractivity contribution in [3.05, 3.63) is 29.3 Å². The number of hydrogen-bond acceptors (Lipinski definition) is 1. The molecule has 0 aliphatic carbocycles. The maximum Gasteiger partial charge on any atom is 0.00685 e. The second-order valence-corrected chi connectivity index (χ2v) is 3.27. The predicted octanol–water partition coefficient (Wildman–Crippen LogP) is 3.01. The fourth-order valence-corrected chi connectivity index (χ4v) is 1.15. The molecule has 1 rings (SSSR count). The van der Waals surface area contributed by atoms with Crippen molar-refractivity contribution in [2.75, 3.05) is 0 Å². The summed E-state index contributed by atoms with van der Waals surface area (Å²) in [5, 5.41) is 9.24. The van der Waals surface area contributed by atoms with E-state index in [1.165, 1.54) is 5.56 Å². The zero-order chi connectivity index (χ0) is 9.14. The van der Waals surface area contributed by atoms with Crippen molar-refractivity contribution >= 4 is 0 Å². The summed E-state index contributed by atoms with van der Waals surface area (Å²) in [5.74, 6) is 0.822. The minimum Gasteiger partial charge on any atom is -0.534 e. The van der Waals surface area contributed by atoms with Gasteiger partial charge in [-0.3, -0.25) is 0 Å². The average Bonchev–Trinajstić information content (AvgIpc) is 2.08. The molecule has 0 saturated carbocycles. The molecule has 1 aromatic carbocycles. The Morgan fingerprint density at radius 1 is 1.54 bits per heavy atom. The number of benzene rings is 1. The third-order valence-corrected chi connectivity index (χ3v) is 2.31. The fourth-order valence-electron chi connectivity index (χ4n) is 1.15. The molecule has 13 heavy (non-hydrogen) atoms. The predicted molar refractivity (Wildman–Crippen MR) is 50.4 cm³/mol. The summed E-state index contributed by atoms with van der Waals surface area (Å²) in [4.78, 5) is 0. The number of aromatic hydroxyl groups is 1. The first kappa shape index (κ1) is 13.1. The first-order valence-electron chi connectivity index (χ1n) is 4.36. The van der Waals surface area contributed by atoms with Crippen LogP contribution in [0.25, 0.3) is 0 Å². The van der Waals surface area contributed by atoms with Gasteiger partial charge in [-0.05, 0) is 0 Å². The second-order valence-electron chi connectivity index (χ2n) is 3.27. The van der Waals surface area contributed by atoms with Gasteiger partial charge in [0.15, 0.2) is 0 Å². The molecular formula is C11H15OY-. The zero-order valence-electron chi connectivity index (χ0n) is 8.46. The van der Waals surface area contributed by atoms with E-state index in [9.17, 15) is 5.11 Å². The molecule has 2 heteroatoms. The Kier molecular flexibility index (Phi) is 5.83. The zero-order valence-corrected chi connectivity index (χ0v) is 11.3. The van der Waals surface area contributed by atoms with E-state index in [0.717, 1.165) is 12.0 Å². The number of hydrogen-bond donors (Lipinski definition) is 1. The first-order valence-corrected chi connectivity index (χ1v) is 4.36. The smallest absolute Gasteiger partial charge is 0.00685 e. The van der Waals surface area contributed by atoms with Gasteiger partial charge in [-0.1, -0.05) is 33.1 Å². The van der Waals surface area contributed by atoms with Crippen LogP contribution in [-0.4, -0.2) is 5.11 Å². The summed E-state index contributed by atoms with van der Waals surface area (Å²) in [6.45, 7) is 6.24. The molecule has 0 aliphatic rings. The topological polar surface area (TPSA) is 20.2 Å². The number of phenols is 1. The summed E-state index contributed by atoms with van der Waals surface area (Å²) in [7, 11) is 0. The summed E-state index contributed by atoms with van der Waals surface area (Å²) in [6, 6.07) is 6.74. The van der Waals surface area contributed by atoms with Crippen LogP contribution in [0.1, 0.15) is 37.3 Å². The quantitative estimate of drug-likeness (QED) is 0.802. The van der Waals surface area contributed by atoms with Crippen LogP contribution in [0.2, 0.25) is 0 Å². The van der Waals surface area contributed by atoms with Gasteiger partial charge < -0.3 is 5.11 Å². The van der Waals surface area contributed by atoms with Gasteiger partial charge in [0.25, 0.3) is 0 Å². The van der Waals surface area contributed by atoms with Gasteiger partial charge in [-0.25, -0.2) is 0 Å². The molecular weight excluding hydrogens is 237 g/mol. The average molecular weight is 252 g/mol. The third-order valence-electron chi connectivity index (χ3n) is 2.31. The summed E-state index contributed by atoms with van der Waals surface area (Å²) in [5.41, 5.74) is 2.17. The summed E-state index contributed by atoms with van der Waals surface area (Å²) < 4.78 is 0. The van der Waals surface area contributed by atoms with Crippen LogP contribution in [-0.2, 0) is 32.7 Å². The van der Waals surface area contributed by atoms with Crippen molar-refractivity contribution in [3.8, 4) is 5.75 Å². The van der Waals surface area contributed by atoms with Gasteiger partial charge in [0.1, 0.15) is 0 Å². The second kappa shape index (κ2) is 5.77. The monoisotopic (exact) mass is 252 g/mol. The van der Waals surface area contributed by atoms with E-state index < -0.39 is 0 Å².